The van der Waals surface area contributed by atoms with Crippen molar-refractivity contribution in [3.63, 3.8) is 0 Å². The molecule has 2 atom stereocenters. The molecule has 0 aliphatic rings. The number of hydrogen-bond donors (Lipinski definition) is 2. The van der Waals surface area contributed by atoms with Crippen LogP contribution in [0.25, 0.3) is 0 Å². The molecule has 0 saturated heterocycles. The second-order valence-corrected chi connectivity index (χ2v) is 5.13. The van der Waals surface area contributed by atoms with E-state index in [4.69, 9.17) is 11.6 Å². The Hall–Kier alpha value is -1.42. The number of aliphatic hydroxyl groups excluding tert-OH is 1. The molecule has 2 nitrogen and oxygen atoms in total. The van der Waals surface area contributed by atoms with Crippen molar-refractivity contribution in [1.82, 2.24) is 5.32 Å². The minimum Gasteiger partial charge on any atom is -0.387 e. The van der Waals surface area contributed by atoms with Gasteiger partial charge in [0, 0.05) is 17.6 Å². The molecular weight excluding hydrogens is 277 g/mol. The van der Waals surface area contributed by atoms with Crippen LogP contribution in [-0.2, 0) is 0 Å². The number of halogens is 2. The van der Waals surface area contributed by atoms with Gasteiger partial charge in [0.05, 0.1) is 6.10 Å². The molecule has 0 saturated carbocycles. The Kier molecular flexibility index (Phi) is 5.12. The van der Waals surface area contributed by atoms with Gasteiger partial charge in [-0.2, -0.15) is 0 Å². The summed E-state index contributed by atoms with van der Waals surface area (Å²) in [7, 11) is 0. The van der Waals surface area contributed by atoms with Gasteiger partial charge in [0.25, 0.3) is 0 Å². The third kappa shape index (κ3) is 3.79. The second-order valence-electron chi connectivity index (χ2n) is 4.72. The van der Waals surface area contributed by atoms with Crippen LogP contribution < -0.4 is 5.32 Å². The van der Waals surface area contributed by atoms with Crippen molar-refractivity contribution < 1.29 is 9.50 Å². The first-order valence-electron chi connectivity index (χ1n) is 6.49. The molecule has 2 aromatic rings. The smallest absolute Gasteiger partial charge is 0.123 e. The lowest BCUT2D eigenvalue weighted by Gasteiger charge is -2.18. The summed E-state index contributed by atoms with van der Waals surface area (Å²) in [5, 5.41) is 13.9. The third-order valence-electron chi connectivity index (χ3n) is 3.22. The fourth-order valence-corrected chi connectivity index (χ4v) is 2.36. The molecule has 0 fully saturated rings. The van der Waals surface area contributed by atoms with E-state index in [1.165, 1.54) is 12.1 Å². The van der Waals surface area contributed by atoms with Crippen LogP contribution in [0.3, 0.4) is 0 Å². The molecule has 0 bridgehead atoms. The quantitative estimate of drug-likeness (QED) is 0.877. The maximum atomic E-state index is 13.1. The summed E-state index contributed by atoms with van der Waals surface area (Å²) in [6.07, 6.45) is -0.754. The molecule has 0 aromatic heterocycles. The van der Waals surface area contributed by atoms with E-state index in [-0.39, 0.29) is 11.9 Å². The van der Waals surface area contributed by atoms with Gasteiger partial charge in [-0.3, -0.25) is 0 Å². The van der Waals surface area contributed by atoms with Crippen molar-refractivity contribution >= 4 is 11.6 Å². The van der Waals surface area contributed by atoms with Crippen LogP contribution in [0.15, 0.2) is 48.5 Å². The van der Waals surface area contributed by atoms with Crippen LogP contribution in [0.2, 0.25) is 5.02 Å². The van der Waals surface area contributed by atoms with E-state index in [1.54, 1.807) is 12.1 Å². The van der Waals surface area contributed by atoms with E-state index in [2.05, 4.69) is 5.32 Å². The first-order valence-corrected chi connectivity index (χ1v) is 6.87. The van der Waals surface area contributed by atoms with Gasteiger partial charge in [-0.05, 0) is 36.2 Å². The third-order valence-corrected chi connectivity index (χ3v) is 3.57. The van der Waals surface area contributed by atoms with Gasteiger partial charge < -0.3 is 10.4 Å². The standard InChI is InChI=1S/C16H17ClFNO/c1-11(14-7-2-3-8-15(14)17)19-10-16(20)12-5-4-6-13(18)9-12/h2-9,11,16,19-20H,10H2,1H3/t11-,16?/m1/s1. The predicted molar refractivity (Wildman–Crippen MR) is 79.2 cm³/mol. The highest BCUT2D eigenvalue weighted by Gasteiger charge is 2.12. The summed E-state index contributed by atoms with van der Waals surface area (Å²) in [5.74, 6) is -0.347. The zero-order valence-corrected chi connectivity index (χ0v) is 11.9. The Morgan fingerprint density at radius 1 is 1.20 bits per heavy atom. The van der Waals surface area contributed by atoms with Gasteiger partial charge in [-0.25, -0.2) is 4.39 Å². The molecule has 0 amide bonds. The molecule has 0 heterocycles. The summed E-state index contributed by atoms with van der Waals surface area (Å²) in [4.78, 5) is 0. The van der Waals surface area contributed by atoms with E-state index in [0.717, 1.165) is 5.56 Å². The molecule has 4 heteroatoms. The molecule has 106 valence electrons. The van der Waals surface area contributed by atoms with Crippen LogP contribution in [0.4, 0.5) is 4.39 Å². The van der Waals surface area contributed by atoms with Crippen LogP contribution >= 0.6 is 11.6 Å². The van der Waals surface area contributed by atoms with Crippen molar-refractivity contribution in [3.8, 4) is 0 Å². The lowest BCUT2D eigenvalue weighted by Crippen LogP contribution is -2.24. The number of benzene rings is 2. The maximum absolute atomic E-state index is 13.1. The molecular formula is C16H17ClFNO. The minimum atomic E-state index is -0.754. The molecule has 20 heavy (non-hydrogen) atoms. The summed E-state index contributed by atoms with van der Waals surface area (Å²) in [5.41, 5.74) is 1.53. The van der Waals surface area contributed by atoms with Crippen LogP contribution in [0.1, 0.15) is 30.2 Å². The van der Waals surface area contributed by atoms with Crippen molar-refractivity contribution in [1.29, 1.82) is 0 Å². The number of nitrogens with one attached hydrogen (secondary N) is 1. The Balaban J connectivity index is 1.97. The van der Waals surface area contributed by atoms with Gasteiger partial charge in [-0.15, -0.1) is 0 Å². The highest BCUT2D eigenvalue weighted by atomic mass is 35.5. The van der Waals surface area contributed by atoms with E-state index >= 15 is 0 Å². The Labute approximate surface area is 123 Å². The van der Waals surface area contributed by atoms with Crippen molar-refractivity contribution in [2.24, 2.45) is 0 Å². The largest absolute Gasteiger partial charge is 0.387 e. The number of hydrogen-bond acceptors (Lipinski definition) is 2. The lowest BCUT2D eigenvalue weighted by atomic mass is 10.1. The summed E-state index contributed by atoms with van der Waals surface area (Å²) >= 11 is 6.12. The van der Waals surface area contributed by atoms with Crippen LogP contribution in [0.5, 0.6) is 0 Å². The monoisotopic (exact) mass is 293 g/mol. The molecule has 0 radical (unpaired) electrons. The van der Waals surface area contributed by atoms with E-state index in [0.29, 0.717) is 17.1 Å². The predicted octanol–water partition coefficient (Wildman–Crippen LogP) is 3.86. The fourth-order valence-electron chi connectivity index (χ4n) is 2.06. The van der Waals surface area contributed by atoms with E-state index in [9.17, 15) is 9.50 Å². The molecule has 1 unspecified atom stereocenters. The SMILES string of the molecule is C[C@@H](NCC(O)c1cccc(F)c1)c1ccccc1Cl. The summed E-state index contributed by atoms with van der Waals surface area (Å²) < 4.78 is 13.1. The van der Waals surface area contributed by atoms with Gasteiger partial charge in [0.2, 0.25) is 0 Å². The Morgan fingerprint density at radius 3 is 2.65 bits per heavy atom. The first-order chi connectivity index (χ1) is 9.58. The molecule has 2 N–H and O–H groups in total. The van der Waals surface area contributed by atoms with Gasteiger partial charge in [-0.1, -0.05) is 41.9 Å². The number of rotatable bonds is 5. The van der Waals surface area contributed by atoms with Gasteiger partial charge in [0.1, 0.15) is 5.82 Å². The summed E-state index contributed by atoms with van der Waals surface area (Å²) in [6, 6.07) is 13.6. The van der Waals surface area contributed by atoms with Gasteiger partial charge in [0.15, 0.2) is 0 Å². The van der Waals surface area contributed by atoms with E-state index < -0.39 is 6.10 Å². The van der Waals surface area contributed by atoms with Gasteiger partial charge >= 0.3 is 0 Å². The highest BCUT2D eigenvalue weighted by molar-refractivity contribution is 6.31. The van der Waals surface area contributed by atoms with Crippen LogP contribution in [0, 0.1) is 5.82 Å². The molecule has 2 aromatic carbocycles. The summed E-state index contributed by atoms with van der Waals surface area (Å²) in [6.45, 7) is 2.30. The zero-order chi connectivity index (χ0) is 14.5. The normalized spacial score (nSPS) is 14.0. The average Bonchev–Trinajstić information content (AvgIpc) is 2.45. The molecule has 2 rings (SSSR count). The first kappa shape index (κ1) is 15.0. The van der Waals surface area contributed by atoms with Crippen LogP contribution in [-0.4, -0.2) is 11.7 Å². The highest BCUT2D eigenvalue weighted by Crippen LogP contribution is 2.23. The minimum absolute atomic E-state index is 0.00640. The lowest BCUT2D eigenvalue weighted by molar-refractivity contribution is 0.170. The van der Waals surface area contributed by atoms with Crippen molar-refractivity contribution in [3.05, 3.63) is 70.5 Å². The second kappa shape index (κ2) is 6.84. The fraction of sp³-hybridized carbons (Fsp3) is 0.250. The average molecular weight is 294 g/mol. The molecule has 0 spiro atoms. The zero-order valence-electron chi connectivity index (χ0n) is 11.2. The van der Waals surface area contributed by atoms with E-state index in [1.807, 2.05) is 31.2 Å². The molecule has 0 aliphatic carbocycles. The Morgan fingerprint density at radius 2 is 1.95 bits per heavy atom. The topological polar surface area (TPSA) is 32.3 Å². The maximum Gasteiger partial charge on any atom is 0.123 e. The van der Waals surface area contributed by atoms with Crippen molar-refractivity contribution in [2.75, 3.05) is 6.54 Å². The molecule has 0 aliphatic heterocycles. The van der Waals surface area contributed by atoms with Crippen molar-refractivity contribution in [2.45, 2.75) is 19.1 Å². The Bertz CT molecular complexity index is 576. The number of aliphatic hydroxyl groups is 1.